The molecule has 0 unspecified atom stereocenters. The van der Waals surface area contributed by atoms with Crippen molar-refractivity contribution in [3.8, 4) is 22.4 Å². The van der Waals surface area contributed by atoms with E-state index >= 15 is 0 Å². The van der Waals surface area contributed by atoms with E-state index in [1.807, 2.05) is 49.6 Å². The van der Waals surface area contributed by atoms with Crippen molar-refractivity contribution in [3.63, 3.8) is 0 Å². The van der Waals surface area contributed by atoms with E-state index in [-0.39, 0.29) is 5.56 Å². The molecular weight excluding hydrogens is 350 g/mol. The largest absolute Gasteiger partial charge is 0.308 e. The average molecular weight is 367 g/mol. The van der Waals surface area contributed by atoms with Gasteiger partial charge in [-0.25, -0.2) is 4.52 Å². The monoisotopic (exact) mass is 367 g/mol. The highest BCUT2D eigenvalue weighted by molar-refractivity contribution is 5.90. The predicted octanol–water partition coefficient (Wildman–Crippen LogP) is 3.62. The molecule has 5 rings (SSSR count). The van der Waals surface area contributed by atoms with Crippen molar-refractivity contribution in [2.24, 2.45) is 7.05 Å². The summed E-state index contributed by atoms with van der Waals surface area (Å²) in [5.41, 5.74) is 4.87. The third-order valence-corrected chi connectivity index (χ3v) is 5.05. The molecule has 136 valence electrons. The SMILES string of the molecule is Cc1cc(-c2cn3ncc(-c4ccc5cnccc5c4)c3c(=O)n2C)ccn1. The van der Waals surface area contributed by atoms with Gasteiger partial charge in [0.15, 0.2) is 0 Å². The third kappa shape index (κ3) is 2.50. The summed E-state index contributed by atoms with van der Waals surface area (Å²) in [6.07, 6.45) is 8.99. The van der Waals surface area contributed by atoms with Gasteiger partial charge in [0, 0.05) is 47.8 Å². The minimum atomic E-state index is -0.0886. The standard InChI is InChI=1S/C22H17N5O/c1-14-9-17(6-8-24-14)20-13-27-21(22(28)26(20)2)19(12-25-27)16-3-4-18-11-23-7-5-15(18)10-16/h3-13H,1-2H3. The Labute approximate surface area is 160 Å². The van der Waals surface area contributed by atoms with Gasteiger partial charge in [-0.05, 0) is 42.1 Å². The lowest BCUT2D eigenvalue weighted by Crippen LogP contribution is -2.21. The van der Waals surface area contributed by atoms with Crippen molar-refractivity contribution in [2.45, 2.75) is 6.92 Å². The second-order valence-electron chi connectivity index (χ2n) is 6.85. The van der Waals surface area contributed by atoms with Gasteiger partial charge in [0.25, 0.3) is 5.56 Å². The number of hydrogen-bond donors (Lipinski definition) is 0. The lowest BCUT2D eigenvalue weighted by Gasteiger charge is -2.10. The van der Waals surface area contributed by atoms with Gasteiger partial charge in [-0.1, -0.05) is 12.1 Å². The summed E-state index contributed by atoms with van der Waals surface area (Å²) in [5.74, 6) is 0. The molecule has 0 spiro atoms. The maximum absolute atomic E-state index is 13.2. The molecule has 0 saturated carbocycles. The zero-order chi connectivity index (χ0) is 19.3. The minimum Gasteiger partial charge on any atom is -0.308 e. The quantitative estimate of drug-likeness (QED) is 0.478. The molecule has 1 aromatic carbocycles. The fourth-order valence-corrected chi connectivity index (χ4v) is 3.58. The Bertz CT molecular complexity index is 1410. The summed E-state index contributed by atoms with van der Waals surface area (Å²) in [7, 11) is 1.79. The molecule has 0 atom stereocenters. The number of aromatic nitrogens is 5. The smallest absolute Gasteiger partial charge is 0.277 e. The zero-order valence-corrected chi connectivity index (χ0v) is 15.5. The Morgan fingerprint density at radius 3 is 2.68 bits per heavy atom. The molecule has 0 fully saturated rings. The molecule has 6 nitrogen and oxygen atoms in total. The van der Waals surface area contributed by atoms with E-state index in [1.165, 1.54) is 0 Å². The summed E-state index contributed by atoms with van der Waals surface area (Å²) in [5, 5.41) is 6.60. The summed E-state index contributed by atoms with van der Waals surface area (Å²) in [4.78, 5) is 21.6. The molecule has 0 aliphatic heterocycles. The van der Waals surface area contributed by atoms with E-state index < -0.39 is 0 Å². The first-order chi connectivity index (χ1) is 13.6. The number of aryl methyl sites for hydroxylation is 1. The van der Waals surface area contributed by atoms with Crippen LogP contribution in [-0.2, 0) is 7.05 Å². The Balaban J connectivity index is 1.74. The van der Waals surface area contributed by atoms with E-state index in [0.29, 0.717) is 5.52 Å². The molecule has 6 heteroatoms. The van der Waals surface area contributed by atoms with Crippen LogP contribution in [0.5, 0.6) is 0 Å². The number of fused-ring (bicyclic) bond motifs is 2. The van der Waals surface area contributed by atoms with Crippen LogP contribution in [0.25, 0.3) is 38.7 Å². The second kappa shape index (κ2) is 6.13. The van der Waals surface area contributed by atoms with Crippen LogP contribution in [-0.4, -0.2) is 24.1 Å². The average Bonchev–Trinajstić information content (AvgIpc) is 3.14. The number of rotatable bonds is 2. The third-order valence-electron chi connectivity index (χ3n) is 5.05. The van der Waals surface area contributed by atoms with Crippen molar-refractivity contribution < 1.29 is 0 Å². The Hall–Kier alpha value is -3.80. The van der Waals surface area contributed by atoms with Crippen molar-refractivity contribution in [2.75, 3.05) is 0 Å². The van der Waals surface area contributed by atoms with Crippen LogP contribution in [0.2, 0.25) is 0 Å². The van der Waals surface area contributed by atoms with Gasteiger partial charge in [0.1, 0.15) is 5.52 Å². The Morgan fingerprint density at radius 1 is 0.929 bits per heavy atom. The topological polar surface area (TPSA) is 65.1 Å². The van der Waals surface area contributed by atoms with Gasteiger partial charge in [-0.15, -0.1) is 0 Å². The summed E-state index contributed by atoms with van der Waals surface area (Å²) >= 11 is 0. The summed E-state index contributed by atoms with van der Waals surface area (Å²) in [6, 6.07) is 11.9. The fraction of sp³-hybridized carbons (Fsp3) is 0.0909. The summed E-state index contributed by atoms with van der Waals surface area (Å²) in [6.45, 7) is 1.93. The fourth-order valence-electron chi connectivity index (χ4n) is 3.58. The second-order valence-corrected chi connectivity index (χ2v) is 6.85. The van der Waals surface area contributed by atoms with E-state index in [9.17, 15) is 4.79 Å². The predicted molar refractivity (Wildman–Crippen MR) is 109 cm³/mol. The van der Waals surface area contributed by atoms with Crippen LogP contribution in [0.15, 0.2) is 72.2 Å². The maximum Gasteiger partial charge on any atom is 0.277 e. The van der Waals surface area contributed by atoms with E-state index in [0.717, 1.165) is 38.9 Å². The molecule has 0 bridgehead atoms. The molecule has 0 N–H and O–H groups in total. The molecule has 0 aliphatic carbocycles. The minimum absolute atomic E-state index is 0.0886. The van der Waals surface area contributed by atoms with Gasteiger partial charge in [0.2, 0.25) is 0 Å². The molecule has 0 aliphatic rings. The van der Waals surface area contributed by atoms with Gasteiger partial charge >= 0.3 is 0 Å². The number of benzene rings is 1. The molecule has 0 amide bonds. The number of nitrogens with zero attached hydrogens (tertiary/aromatic N) is 5. The zero-order valence-electron chi connectivity index (χ0n) is 15.5. The molecule has 4 aromatic heterocycles. The van der Waals surface area contributed by atoms with E-state index in [1.54, 1.807) is 34.7 Å². The van der Waals surface area contributed by atoms with Crippen LogP contribution in [0, 0.1) is 6.92 Å². The molecule has 0 radical (unpaired) electrons. The molecule has 4 heterocycles. The first-order valence-electron chi connectivity index (χ1n) is 8.96. The van der Waals surface area contributed by atoms with Crippen LogP contribution >= 0.6 is 0 Å². The van der Waals surface area contributed by atoms with Gasteiger partial charge < -0.3 is 4.57 Å². The highest BCUT2D eigenvalue weighted by Crippen LogP contribution is 2.27. The van der Waals surface area contributed by atoms with Crippen LogP contribution in [0.3, 0.4) is 0 Å². The normalized spacial score (nSPS) is 11.4. The van der Waals surface area contributed by atoms with Crippen LogP contribution in [0.4, 0.5) is 0 Å². The van der Waals surface area contributed by atoms with Crippen LogP contribution in [0.1, 0.15) is 5.69 Å². The number of hydrogen-bond acceptors (Lipinski definition) is 4. The van der Waals surface area contributed by atoms with Crippen molar-refractivity contribution in [1.29, 1.82) is 0 Å². The van der Waals surface area contributed by atoms with Gasteiger partial charge in [0.05, 0.1) is 18.1 Å². The van der Waals surface area contributed by atoms with Crippen molar-refractivity contribution in [1.82, 2.24) is 24.1 Å². The first-order valence-corrected chi connectivity index (χ1v) is 8.96. The molecular formula is C22H17N5O. The molecule has 5 aromatic rings. The van der Waals surface area contributed by atoms with Gasteiger partial charge in [-0.2, -0.15) is 5.10 Å². The van der Waals surface area contributed by atoms with Crippen molar-refractivity contribution in [3.05, 3.63) is 83.4 Å². The van der Waals surface area contributed by atoms with E-state index in [2.05, 4.69) is 21.1 Å². The van der Waals surface area contributed by atoms with Gasteiger partial charge in [-0.3, -0.25) is 14.8 Å². The summed E-state index contributed by atoms with van der Waals surface area (Å²) < 4.78 is 3.33. The Morgan fingerprint density at radius 2 is 1.82 bits per heavy atom. The van der Waals surface area contributed by atoms with Crippen molar-refractivity contribution >= 4 is 16.3 Å². The highest BCUT2D eigenvalue weighted by Gasteiger charge is 2.15. The Kier molecular flexibility index (Phi) is 3.58. The number of pyridine rings is 2. The molecule has 0 saturated heterocycles. The highest BCUT2D eigenvalue weighted by atomic mass is 16.1. The first kappa shape index (κ1) is 16.4. The maximum atomic E-state index is 13.2. The van der Waals surface area contributed by atoms with Crippen LogP contribution < -0.4 is 5.56 Å². The lowest BCUT2D eigenvalue weighted by atomic mass is 10.0. The van der Waals surface area contributed by atoms with E-state index in [4.69, 9.17) is 0 Å². The lowest BCUT2D eigenvalue weighted by molar-refractivity contribution is 0.830. The molecule has 28 heavy (non-hydrogen) atoms.